The highest BCUT2D eigenvalue weighted by molar-refractivity contribution is 5.93. The van der Waals surface area contributed by atoms with E-state index >= 15 is 0 Å². The molecule has 1 aliphatic rings. The van der Waals surface area contributed by atoms with E-state index in [1.165, 1.54) is 25.8 Å². The number of piperidine rings is 1. The third-order valence-electron chi connectivity index (χ3n) is 4.00. The van der Waals surface area contributed by atoms with Gasteiger partial charge in [0.1, 0.15) is 12.0 Å². The SMILES string of the molecule is CC1CC(C)CN(CCCNC(=O)c2coc(CN)c2)C1. The van der Waals surface area contributed by atoms with E-state index in [2.05, 4.69) is 24.1 Å². The molecule has 0 aromatic carbocycles. The maximum absolute atomic E-state index is 11.9. The first-order valence-electron chi connectivity index (χ1n) is 7.86. The molecule has 0 saturated carbocycles. The molecule has 2 unspecified atom stereocenters. The standard InChI is InChI=1S/C16H27N3O2/c1-12-6-13(2)10-19(9-12)5-3-4-18-16(20)14-7-15(8-17)21-11-14/h7,11-13H,3-6,8-10,17H2,1-2H3,(H,18,20). The first-order valence-corrected chi connectivity index (χ1v) is 7.86. The van der Waals surface area contributed by atoms with Gasteiger partial charge in [0.15, 0.2) is 0 Å². The highest BCUT2D eigenvalue weighted by Gasteiger charge is 2.21. The van der Waals surface area contributed by atoms with Crippen molar-refractivity contribution in [1.29, 1.82) is 0 Å². The molecule has 0 aliphatic carbocycles. The Morgan fingerprint density at radius 1 is 1.43 bits per heavy atom. The zero-order valence-electron chi connectivity index (χ0n) is 13.1. The maximum Gasteiger partial charge on any atom is 0.254 e. The highest BCUT2D eigenvalue weighted by atomic mass is 16.3. The van der Waals surface area contributed by atoms with Crippen molar-refractivity contribution < 1.29 is 9.21 Å². The molecule has 1 fully saturated rings. The average molecular weight is 293 g/mol. The summed E-state index contributed by atoms with van der Waals surface area (Å²) in [7, 11) is 0. The van der Waals surface area contributed by atoms with Crippen LogP contribution in [0.15, 0.2) is 16.7 Å². The number of amides is 1. The van der Waals surface area contributed by atoms with Gasteiger partial charge in [0.05, 0.1) is 12.1 Å². The van der Waals surface area contributed by atoms with Crippen LogP contribution in [0.2, 0.25) is 0 Å². The number of carbonyl (C=O) groups is 1. The van der Waals surface area contributed by atoms with Crippen LogP contribution in [0.4, 0.5) is 0 Å². The molecule has 0 spiro atoms. The van der Waals surface area contributed by atoms with Gasteiger partial charge in [-0.3, -0.25) is 4.79 Å². The Balaban J connectivity index is 1.66. The summed E-state index contributed by atoms with van der Waals surface area (Å²) < 4.78 is 5.17. The van der Waals surface area contributed by atoms with Crippen molar-refractivity contribution in [2.45, 2.75) is 33.2 Å². The van der Waals surface area contributed by atoms with Gasteiger partial charge < -0.3 is 20.4 Å². The topological polar surface area (TPSA) is 71.5 Å². The van der Waals surface area contributed by atoms with Gasteiger partial charge in [-0.25, -0.2) is 0 Å². The number of rotatable bonds is 6. The van der Waals surface area contributed by atoms with Crippen molar-refractivity contribution >= 4 is 5.91 Å². The van der Waals surface area contributed by atoms with Crippen molar-refractivity contribution in [1.82, 2.24) is 10.2 Å². The fraction of sp³-hybridized carbons (Fsp3) is 0.688. The molecule has 1 amide bonds. The number of hydrogen-bond acceptors (Lipinski definition) is 4. The van der Waals surface area contributed by atoms with Gasteiger partial charge in [-0.05, 0) is 37.3 Å². The quantitative estimate of drug-likeness (QED) is 0.785. The van der Waals surface area contributed by atoms with E-state index in [9.17, 15) is 4.79 Å². The van der Waals surface area contributed by atoms with Crippen molar-refractivity contribution in [3.8, 4) is 0 Å². The van der Waals surface area contributed by atoms with Crippen LogP contribution in [0, 0.1) is 11.8 Å². The van der Waals surface area contributed by atoms with Gasteiger partial charge in [-0.15, -0.1) is 0 Å². The number of nitrogens with one attached hydrogen (secondary N) is 1. The van der Waals surface area contributed by atoms with Crippen LogP contribution in [-0.2, 0) is 6.54 Å². The molecule has 5 heteroatoms. The van der Waals surface area contributed by atoms with E-state index < -0.39 is 0 Å². The van der Waals surface area contributed by atoms with E-state index in [0.717, 1.165) is 24.8 Å². The number of nitrogens with zero attached hydrogens (tertiary/aromatic N) is 1. The monoisotopic (exact) mass is 293 g/mol. The maximum atomic E-state index is 11.9. The van der Waals surface area contributed by atoms with Crippen LogP contribution in [0.1, 0.15) is 42.8 Å². The number of hydrogen-bond donors (Lipinski definition) is 2. The Morgan fingerprint density at radius 3 is 2.76 bits per heavy atom. The zero-order chi connectivity index (χ0) is 15.2. The normalized spacial score (nSPS) is 23.2. The molecule has 1 aliphatic heterocycles. The van der Waals surface area contributed by atoms with E-state index in [-0.39, 0.29) is 5.91 Å². The first-order chi connectivity index (χ1) is 10.1. The number of furan rings is 1. The summed E-state index contributed by atoms with van der Waals surface area (Å²) in [6, 6.07) is 1.70. The minimum atomic E-state index is -0.0844. The zero-order valence-corrected chi connectivity index (χ0v) is 13.1. The van der Waals surface area contributed by atoms with E-state index in [0.29, 0.717) is 24.4 Å². The number of nitrogens with two attached hydrogens (primary N) is 1. The van der Waals surface area contributed by atoms with Crippen molar-refractivity contribution in [3.05, 3.63) is 23.7 Å². The average Bonchev–Trinajstić information content (AvgIpc) is 2.91. The summed E-state index contributed by atoms with van der Waals surface area (Å²) >= 11 is 0. The van der Waals surface area contributed by atoms with Crippen LogP contribution in [0.25, 0.3) is 0 Å². The molecular formula is C16H27N3O2. The third-order valence-corrected chi connectivity index (χ3v) is 4.00. The van der Waals surface area contributed by atoms with E-state index in [4.69, 9.17) is 10.2 Å². The van der Waals surface area contributed by atoms with Gasteiger partial charge in [-0.1, -0.05) is 13.8 Å². The molecule has 2 atom stereocenters. The summed E-state index contributed by atoms with van der Waals surface area (Å²) in [4.78, 5) is 14.4. The highest BCUT2D eigenvalue weighted by Crippen LogP contribution is 2.20. The molecule has 2 rings (SSSR count). The fourth-order valence-electron chi connectivity index (χ4n) is 3.19. The molecular weight excluding hydrogens is 266 g/mol. The minimum absolute atomic E-state index is 0.0844. The van der Waals surface area contributed by atoms with Crippen LogP contribution in [0.3, 0.4) is 0 Å². The Kier molecular flexibility index (Phi) is 5.82. The van der Waals surface area contributed by atoms with Crippen LogP contribution in [-0.4, -0.2) is 37.0 Å². The van der Waals surface area contributed by atoms with Gasteiger partial charge >= 0.3 is 0 Å². The molecule has 1 saturated heterocycles. The second-order valence-corrected chi connectivity index (χ2v) is 6.32. The smallest absolute Gasteiger partial charge is 0.254 e. The Bertz CT molecular complexity index is 448. The predicted molar refractivity (Wildman–Crippen MR) is 82.9 cm³/mol. The number of likely N-dealkylation sites (tertiary alicyclic amines) is 1. The van der Waals surface area contributed by atoms with E-state index in [1.807, 2.05) is 0 Å². The second-order valence-electron chi connectivity index (χ2n) is 6.32. The molecule has 5 nitrogen and oxygen atoms in total. The van der Waals surface area contributed by atoms with Crippen LogP contribution >= 0.6 is 0 Å². The molecule has 21 heavy (non-hydrogen) atoms. The lowest BCUT2D eigenvalue weighted by molar-refractivity contribution is 0.0946. The van der Waals surface area contributed by atoms with Crippen LogP contribution < -0.4 is 11.1 Å². The van der Waals surface area contributed by atoms with Crippen molar-refractivity contribution in [2.75, 3.05) is 26.2 Å². The molecule has 0 radical (unpaired) electrons. The predicted octanol–water partition coefficient (Wildman–Crippen LogP) is 1.84. The molecule has 1 aromatic rings. The second kappa shape index (κ2) is 7.61. The molecule has 1 aromatic heterocycles. The van der Waals surface area contributed by atoms with Crippen molar-refractivity contribution in [3.63, 3.8) is 0 Å². The van der Waals surface area contributed by atoms with Gasteiger partial charge in [0.2, 0.25) is 0 Å². The summed E-state index contributed by atoms with van der Waals surface area (Å²) in [6.07, 6.45) is 3.77. The van der Waals surface area contributed by atoms with E-state index in [1.54, 1.807) is 6.07 Å². The third kappa shape index (κ3) is 4.86. The van der Waals surface area contributed by atoms with Gasteiger partial charge in [0.25, 0.3) is 5.91 Å². The fourth-order valence-corrected chi connectivity index (χ4v) is 3.19. The molecule has 118 valence electrons. The molecule has 0 bridgehead atoms. The Labute approximate surface area is 126 Å². The summed E-state index contributed by atoms with van der Waals surface area (Å²) in [6.45, 7) is 9.06. The lowest BCUT2D eigenvalue weighted by atomic mass is 9.92. The number of carbonyl (C=O) groups excluding carboxylic acids is 1. The lowest BCUT2D eigenvalue weighted by Crippen LogP contribution is -2.40. The Morgan fingerprint density at radius 2 is 2.14 bits per heavy atom. The van der Waals surface area contributed by atoms with Crippen LogP contribution in [0.5, 0.6) is 0 Å². The summed E-state index contributed by atoms with van der Waals surface area (Å²) in [5.41, 5.74) is 6.01. The van der Waals surface area contributed by atoms with Gasteiger partial charge in [0, 0.05) is 19.6 Å². The van der Waals surface area contributed by atoms with Gasteiger partial charge in [-0.2, -0.15) is 0 Å². The molecule has 3 N–H and O–H groups in total. The molecule has 2 heterocycles. The lowest BCUT2D eigenvalue weighted by Gasteiger charge is -2.34. The Hall–Kier alpha value is -1.33. The largest absolute Gasteiger partial charge is 0.467 e. The summed E-state index contributed by atoms with van der Waals surface area (Å²) in [5, 5.41) is 2.93. The first kappa shape index (κ1) is 16.0. The van der Waals surface area contributed by atoms with Crippen molar-refractivity contribution in [2.24, 2.45) is 17.6 Å². The summed E-state index contributed by atoms with van der Waals surface area (Å²) in [5.74, 6) is 2.11. The minimum Gasteiger partial charge on any atom is -0.467 e.